The van der Waals surface area contributed by atoms with Crippen molar-refractivity contribution in [3.8, 4) is 5.75 Å². The first-order valence-corrected chi connectivity index (χ1v) is 5.89. The summed E-state index contributed by atoms with van der Waals surface area (Å²) in [4.78, 5) is 6.60. The van der Waals surface area contributed by atoms with Gasteiger partial charge in [0.25, 0.3) is 0 Å². The van der Waals surface area contributed by atoms with E-state index in [0.29, 0.717) is 6.61 Å². The Balaban J connectivity index is 2.01. The Kier molecular flexibility index (Phi) is 4.13. The van der Waals surface area contributed by atoms with E-state index in [1.807, 2.05) is 19.2 Å². The minimum Gasteiger partial charge on any atom is -0.493 e. The Bertz CT molecular complexity index is 324. The molecule has 88 valence electrons. The predicted molar refractivity (Wildman–Crippen MR) is 63.6 cm³/mol. The van der Waals surface area contributed by atoms with E-state index in [4.69, 9.17) is 4.74 Å². The van der Waals surface area contributed by atoms with Crippen LogP contribution in [0.5, 0.6) is 5.75 Å². The zero-order valence-corrected chi connectivity index (χ0v) is 9.78. The van der Waals surface area contributed by atoms with Gasteiger partial charge in [0.1, 0.15) is 5.75 Å². The number of aromatic nitrogens is 1. The summed E-state index contributed by atoms with van der Waals surface area (Å²) < 4.78 is 5.60. The minimum atomic E-state index is 0.707. The fraction of sp³-hybridized carbons (Fsp3) is 0.583. The average Bonchev–Trinajstić information content (AvgIpc) is 2.33. The van der Waals surface area contributed by atoms with Gasteiger partial charge in [0.15, 0.2) is 0 Å². The number of ether oxygens (including phenoxy) is 1. The lowest BCUT2D eigenvalue weighted by molar-refractivity contribution is 0.228. The topological polar surface area (TPSA) is 37.4 Å². The molecule has 4 heteroatoms. The Labute approximate surface area is 96.6 Å². The molecule has 1 fully saturated rings. The summed E-state index contributed by atoms with van der Waals surface area (Å²) in [5, 5.41) is 3.35. The van der Waals surface area contributed by atoms with E-state index >= 15 is 0 Å². The van der Waals surface area contributed by atoms with Gasteiger partial charge in [0, 0.05) is 50.7 Å². The molecule has 1 aromatic rings. The molecule has 0 aliphatic carbocycles. The molecule has 0 aromatic carbocycles. The molecule has 1 aliphatic heterocycles. The van der Waals surface area contributed by atoms with Gasteiger partial charge in [-0.25, -0.2) is 0 Å². The number of hydrogen-bond donors (Lipinski definition) is 1. The minimum absolute atomic E-state index is 0.707. The maximum atomic E-state index is 5.60. The van der Waals surface area contributed by atoms with Crippen LogP contribution in [0.2, 0.25) is 0 Å². The van der Waals surface area contributed by atoms with Gasteiger partial charge in [-0.3, -0.25) is 9.88 Å². The highest BCUT2D eigenvalue weighted by Gasteiger charge is 2.12. The molecule has 2 rings (SSSR count). The molecule has 2 heterocycles. The number of nitrogens with zero attached hydrogens (tertiary/aromatic N) is 2. The predicted octanol–water partition coefficient (Wildman–Crippen LogP) is 0.885. The molecule has 0 amide bonds. The third kappa shape index (κ3) is 2.93. The normalized spacial score (nSPS) is 17.3. The second kappa shape index (κ2) is 5.82. The van der Waals surface area contributed by atoms with Gasteiger partial charge in [0.2, 0.25) is 0 Å². The third-order valence-electron chi connectivity index (χ3n) is 2.76. The van der Waals surface area contributed by atoms with Gasteiger partial charge in [0.05, 0.1) is 6.61 Å². The van der Waals surface area contributed by atoms with E-state index < -0.39 is 0 Å². The lowest BCUT2D eigenvalue weighted by atomic mass is 10.2. The summed E-state index contributed by atoms with van der Waals surface area (Å²) in [6, 6.07) is 1.95. The number of rotatable bonds is 4. The molecule has 1 aromatic heterocycles. The summed E-state index contributed by atoms with van der Waals surface area (Å²) in [6.45, 7) is 7.99. The van der Waals surface area contributed by atoms with Crippen LogP contribution in [0.25, 0.3) is 0 Å². The number of hydrogen-bond acceptors (Lipinski definition) is 4. The smallest absolute Gasteiger partial charge is 0.126 e. The van der Waals surface area contributed by atoms with Gasteiger partial charge in [-0.05, 0) is 13.0 Å². The highest BCUT2D eigenvalue weighted by atomic mass is 16.5. The fourth-order valence-corrected chi connectivity index (χ4v) is 1.94. The van der Waals surface area contributed by atoms with Crippen LogP contribution in [-0.2, 0) is 6.54 Å². The van der Waals surface area contributed by atoms with Crippen LogP contribution < -0.4 is 10.1 Å². The van der Waals surface area contributed by atoms with E-state index in [1.165, 1.54) is 5.56 Å². The summed E-state index contributed by atoms with van der Waals surface area (Å²) >= 11 is 0. The lowest BCUT2D eigenvalue weighted by Gasteiger charge is -2.27. The van der Waals surface area contributed by atoms with Crippen LogP contribution in [0.1, 0.15) is 12.5 Å². The first kappa shape index (κ1) is 11.4. The molecule has 0 radical (unpaired) electrons. The largest absolute Gasteiger partial charge is 0.493 e. The SMILES string of the molecule is CCOc1ccncc1CN1CCNCC1. The Morgan fingerprint density at radius 1 is 1.44 bits per heavy atom. The second-order valence-corrected chi connectivity index (χ2v) is 3.94. The molecule has 0 spiro atoms. The van der Waals surface area contributed by atoms with Crippen molar-refractivity contribution in [3.63, 3.8) is 0 Å². The van der Waals surface area contributed by atoms with Gasteiger partial charge in [-0.2, -0.15) is 0 Å². The van der Waals surface area contributed by atoms with Crippen LogP contribution in [0, 0.1) is 0 Å². The standard InChI is InChI=1S/C12H19N3O/c1-2-16-12-3-4-14-9-11(12)10-15-7-5-13-6-8-15/h3-4,9,13H,2,5-8,10H2,1H3. The van der Waals surface area contributed by atoms with Crippen molar-refractivity contribution in [1.29, 1.82) is 0 Å². The first-order chi connectivity index (χ1) is 7.90. The van der Waals surface area contributed by atoms with Crippen molar-refractivity contribution in [3.05, 3.63) is 24.0 Å². The van der Waals surface area contributed by atoms with Gasteiger partial charge < -0.3 is 10.1 Å². The van der Waals surface area contributed by atoms with Crippen LogP contribution in [0.3, 0.4) is 0 Å². The zero-order chi connectivity index (χ0) is 11.2. The Hall–Kier alpha value is -1.13. The van der Waals surface area contributed by atoms with Gasteiger partial charge >= 0.3 is 0 Å². The molecule has 1 aliphatic rings. The maximum absolute atomic E-state index is 5.60. The van der Waals surface area contributed by atoms with Crippen LogP contribution in [0.4, 0.5) is 0 Å². The molecule has 1 saturated heterocycles. The monoisotopic (exact) mass is 221 g/mol. The van der Waals surface area contributed by atoms with Crippen molar-refractivity contribution < 1.29 is 4.74 Å². The number of piperazine rings is 1. The second-order valence-electron chi connectivity index (χ2n) is 3.94. The average molecular weight is 221 g/mol. The van der Waals surface area contributed by atoms with E-state index in [-0.39, 0.29) is 0 Å². The Morgan fingerprint density at radius 2 is 2.25 bits per heavy atom. The van der Waals surface area contributed by atoms with E-state index in [0.717, 1.165) is 38.5 Å². The van der Waals surface area contributed by atoms with Crippen molar-refractivity contribution in [2.75, 3.05) is 32.8 Å². The molecule has 0 saturated carbocycles. The third-order valence-corrected chi connectivity index (χ3v) is 2.76. The molecule has 16 heavy (non-hydrogen) atoms. The first-order valence-electron chi connectivity index (χ1n) is 5.89. The molecule has 4 nitrogen and oxygen atoms in total. The lowest BCUT2D eigenvalue weighted by Crippen LogP contribution is -2.42. The highest BCUT2D eigenvalue weighted by molar-refractivity contribution is 5.29. The van der Waals surface area contributed by atoms with Gasteiger partial charge in [-0.1, -0.05) is 0 Å². The zero-order valence-electron chi connectivity index (χ0n) is 9.78. The fourth-order valence-electron chi connectivity index (χ4n) is 1.94. The van der Waals surface area contributed by atoms with Crippen molar-refractivity contribution in [1.82, 2.24) is 15.2 Å². The highest BCUT2D eigenvalue weighted by Crippen LogP contribution is 2.18. The van der Waals surface area contributed by atoms with E-state index in [2.05, 4.69) is 15.2 Å². The van der Waals surface area contributed by atoms with Crippen LogP contribution >= 0.6 is 0 Å². The molecule has 1 N–H and O–H groups in total. The van der Waals surface area contributed by atoms with Crippen LogP contribution in [-0.4, -0.2) is 42.7 Å². The van der Waals surface area contributed by atoms with E-state index in [1.54, 1.807) is 6.20 Å². The molecule has 0 atom stereocenters. The quantitative estimate of drug-likeness (QED) is 0.819. The summed E-state index contributed by atoms with van der Waals surface area (Å²) in [5.74, 6) is 0.969. The summed E-state index contributed by atoms with van der Waals surface area (Å²) in [7, 11) is 0. The summed E-state index contributed by atoms with van der Waals surface area (Å²) in [6.07, 6.45) is 3.69. The van der Waals surface area contributed by atoms with Crippen molar-refractivity contribution in [2.24, 2.45) is 0 Å². The Morgan fingerprint density at radius 3 is 3.00 bits per heavy atom. The van der Waals surface area contributed by atoms with E-state index in [9.17, 15) is 0 Å². The van der Waals surface area contributed by atoms with Crippen molar-refractivity contribution >= 4 is 0 Å². The molecule has 0 bridgehead atoms. The molecule has 0 unspecified atom stereocenters. The number of nitrogens with one attached hydrogen (secondary N) is 1. The number of pyridine rings is 1. The van der Waals surface area contributed by atoms with Crippen LogP contribution in [0.15, 0.2) is 18.5 Å². The molecular weight excluding hydrogens is 202 g/mol. The summed E-state index contributed by atoms with van der Waals surface area (Å²) in [5.41, 5.74) is 1.19. The van der Waals surface area contributed by atoms with Crippen molar-refractivity contribution in [2.45, 2.75) is 13.5 Å². The van der Waals surface area contributed by atoms with Gasteiger partial charge in [-0.15, -0.1) is 0 Å². The maximum Gasteiger partial charge on any atom is 0.126 e. The molecular formula is C12H19N3O.